The molecule has 1 rings (SSSR count). The zero-order chi connectivity index (χ0) is 12.9. The molecule has 3 heteroatoms. The molecule has 1 saturated heterocycles. The topological polar surface area (TPSA) is 24.5 Å². The SMILES string of the molecule is CCNC(CN(C)C1CCOCC1)C(C)(C)C. The molecule has 102 valence electrons. The molecule has 1 fully saturated rings. The van der Waals surface area contributed by atoms with Gasteiger partial charge in [-0.05, 0) is 31.8 Å². The quantitative estimate of drug-likeness (QED) is 0.799. The van der Waals surface area contributed by atoms with Crippen molar-refractivity contribution >= 4 is 0 Å². The van der Waals surface area contributed by atoms with Gasteiger partial charge >= 0.3 is 0 Å². The fraction of sp³-hybridized carbons (Fsp3) is 1.00. The highest BCUT2D eigenvalue weighted by Crippen LogP contribution is 2.22. The van der Waals surface area contributed by atoms with E-state index in [2.05, 4.69) is 45.0 Å². The third-order valence-electron chi connectivity index (χ3n) is 3.78. The van der Waals surface area contributed by atoms with Gasteiger partial charge in [0.15, 0.2) is 0 Å². The molecule has 0 bridgehead atoms. The number of rotatable bonds is 5. The Morgan fingerprint density at radius 3 is 2.35 bits per heavy atom. The van der Waals surface area contributed by atoms with Gasteiger partial charge in [0.2, 0.25) is 0 Å². The summed E-state index contributed by atoms with van der Waals surface area (Å²) in [6, 6.07) is 1.26. The summed E-state index contributed by atoms with van der Waals surface area (Å²) in [4.78, 5) is 2.51. The number of nitrogens with zero attached hydrogens (tertiary/aromatic N) is 1. The molecule has 1 unspecified atom stereocenters. The number of likely N-dealkylation sites (N-methyl/N-ethyl adjacent to an activating group) is 2. The fourth-order valence-electron chi connectivity index (χ4n) is 2.45. The van der Waals surface area contributed by atoms with Crippen LogP contribution in [0.4, 0.5) is 0 Å². The molecule has 0 aliphatic carbocycles. The lowest BCUT2D eigenvalue weighted by molar-refractivity contribution is 0.0351. The van der Waals surface area contributed by atoms with Gasteiger partial charge in [-0.1, -0.05) is 27.7 Å². The Bertz CT molecular complexity index is 207. The van der Waals surface area contributed by atoms with Crippen LogP contribution in [0.2, 0.25) is 0 Å². The molecule has 3 nitrogen and oxygen atoms in total. The van der Waals surface area contributed by atoms with Gasteiger partial charge in [0.25, 0.3) is 0 Å². The largest absolute Gasteiger partial charge is 0.381 e. The maximum absolute atomic E-state index is 5.43. The second-order valence-corrected chi connectivity index (χ2v) is 6.26. The Labute approximate surface area is 107 Å². The molecule has 1 heterocycles. The van der Waals surface area contributed by atoms with Gasteiger partial charge in [-0.25, -0.2) is 0 Å². The molecule has 0 amide bonds. The minimum absolute atomic E-state index is 0.315. The lowest BCUT2D eigenvalue weighted by Gasteiger charge is -2.38. The standard InChI is InChI=1S/C14H30N2O/c1-6-15-13(14(2,3)4)11-16(5)12-7-9-17-10-8-12/h12-13,15H,6-11H2,1-5H3. The predicted octanol–water partition coefficient (Wildman–Crippen LogP) is 2.12. The molecule has 0 aromatic carbocycles. The van der Waals surface area contributed by atoms with Gasteiger partial charge in [-0.2, -0.15) is 0 Å². The van der Waals surface area contributed by atoms with E-state index in [1.165, 1.54) is 12.8 Å². The third-order valence-corrected chi connectivity index (χ3v) is 3.78. The van der Waals surface area contributed by atoms with E-state index in [0.717, 1.165) is 26.3 Å². The Balaban J connectivity index is 2.47. The Hall–Kier alpha value is -0.120. The molecule has 0 radical (unpaired) electrons. The molecule has 0 aromatic rings. The van der Waals surface area contributed by atoms with Crippen LogP contribution in [0.5, 0.6) is 0 Å². The van der Waals surface area contributed by atoms with E-state index >= 15 is 0 Å². The molecule has 0 spiro atoms. The highest BCUT2D eigenvalue weighted by Gasteiger charge is 2.27. The highest BCUT2D eigenvalue weighted by atomic mass is 16.5. The zero-order valence-electron chi connectivity index (χ0n) is 12.3. The minimum atomic E-state index is 0.315. The van der Waals surface area contributed by atoms with E-state index in [9.17, 15) is 0 Å². The van der Waals surface area contributed by atoms with Gasteiger partial charge < -0.3 is 15.0 Å². The van der Waals surface area contributed by atoms with E-state index in [-0.39, 0.29) is 0 Å². The van der Waals surface area contributed by atoms with Gasteiger partial charge in [0.05, 0.1) is 0 Å². The van der Waals surface area contributed by atoms with Crippen molar-refractivity contribution in [2.24, 2.45) is 5.41 Å². The fourth-order valence-corrected chi connectivity index (χ4v) is 2.45. The van der Waals surface area contributed by atoms with E-state index in [1.807, 2.05) is 0 Å². The maximum atomic E-state index is 5.43. The van der Waals surface area contributed by atoms with Crippen LogP contribution in [0.15, 0.2) is 0 Å². The molecule has 17 heavy (non-hydrogen) atoms. The van der Waals surface area contributed by atoms with Crippen LogP contribution in [0.25, 0.3) is 0 Å². The smallest absolute Gasteiger partial charge is 0.0480 e. The van der Waals surface area contributed by atoms with Crippen molar-refractivity contribution < 1.29 is 4.74 Å². The molecule has 1 atom stereocenters. The second kappa shape index (κ2) is 6.72. The Kier molecular flexibility index (Phi) is 5.90. The van der Waals surface area contributed by atoms with Gasteiger partial charge in [-0.3, -0.25) is 0 Å². The maximum Gasteiger partial charge on any atom is 0.0480 e. The summed E-state index contributed by atoms with van der Waals surface area (Å²) < 4.78 is 5.43. The summed E-state index contributed by atoms with van der Waals surface area (Å²) in [5, 5.41) is 3.62. The van der Waals surface area contributed by atoms with Crippen LogP contribution in [-0.2, 0) is 4.74 Å². The van der Waals surface area contributed by atoms with Gasteiger partial charge in [-0.15, -0.1) is 0 Å². The highest BCUT2D eigenvalue weighted by molar-refractivity contribution is 4.85. The number of hydrogen-bond donors (Lipinski definition) is 1. The third kappa shape index (κ3) is 4.94. The minimum Gasteiger partial charge on any atom is -0.381 e. The van der Waals surface area contributed by atoms with Crippen LogP contribution in [-0.4, -0.2) is 50.3 Å². The summed E-state index contributed by atoms with van der Waals surface area (Å²) >= 11 is 0. The number of nitrogens with one attached hydrogen (secondary N) is 1. The predicted molar refractivity (Wildman–Crippen MR) is 73.4 cm³/mol. The van der Waals surface area contributed by atoms with Crippen molar-refractivity contribution in [3.8, 4) is 0 Å². The van der Waals surface area contributed by atoms with Crippen LogP contribution < -0.4 is 5.32 Å². The normalized spacial score (nSPS) is 20.8. The van der Waals surface area contributed by atoms with E-state index in [4.69, 9.17) is 4.74 Å². The Morgan fingerprint density at radius 1 is 1.29 bits per heavy atom. The van der Waals surface area contributed by atoms with Gasteiger partial charge in [0.1, 0.15) is 0 Å². The lowest BCUT2D eigenvalue weighted by Crippen LogP contribution is -2.50. The van der Waals surface area contributed by atoms with Crippen molar-refractivity contribution in [3.63, 3.8) is 0 Å². The summed E-state index contributed by atoms with van der Waals surface area (Å²) in [5.74, 6) is 0. The van der Waals surface area contributed by atoms with Crippen molar-refractivity contribution in [3.05, 3.63) is 0 Å². The first-order chi connectivity index (χ1) is 7.95. The first-order valence-electron chi connectivity index (χ1n) is 6.96. The molecular weight excluding hydrogens is 212 g/mol. The van der Waals surface area contributed by atoms with Crippen LogP contribution in [0, 0.1) is 5.41 Å². The molecule has 1 N–H and O–H groups in total. The number of hydrogen-bond acceptors (Lipinski definition) is 3. The summed E-state index contributed by atoms with van der Waals surface area (Å²) in [6.45, 7) is 13.2. The molecule has 0 aromatic heterocycles. The first kappa shape index (κ1) is 14.9. The first-order valence-corrected chi connectivity index (χ1v) is 6.96. The molecular formula is C14H30N2O. The van der Waals surface area contributed by atoms with Crippen molar-refractivity contribution in [1.29, 1.82) is 0 Å². The average Bonchev–Trinajstić information content (AvgIpc) is 2.28. The molecule has 0 saturated carbocycles. The van der Waals surface area contributed by atoms with Crippen LogP contribution in [0.3, 0.4) is 0 Å². The van der Waals surface area contributed by atoms with Crippen molar-refractivity contribution in [1.82, 2.24) is 10.2 Å². The summed E-state index contributed by atoms with van der Waals surface area (Å²) in [5.41, 5.74) is 0.315. The molecule has 1 aliphatic heterocycles. The lowest BCUT2D eigenvalue weighted by atomic mass is 9.86. The summed E-state index contributed by atoms with van der Waals surface area (Å²) in [7, 11) is 2.26. The average molecular weight is 242 g/mol. The summed E-state index contributed by atoms with van der Waals surface area (Å²) in [6.07, 6.45) is 2.36. The van der Waals surface area contributed by atoms with Crippen molar-refractivity contribution in [2.75, 3.05) is 33.4 Å². The second-order valence-electron chi connectivity index (χ2n) is 6.26. The van der Waals surface area contributed by atoms with E-state index in [0.29, 0.717) is 17.5 Å². The van der Waals surface area contributed by atoms with Crippen LogP contribution in [0.1, 0.15) is 40.5 Å². The van der Waals surface area contributed by atoms with Gasteiger partial charge in [0, 0.05) is 31.8 Å². The van der Waals surface area contributed by atoms with E-state index < -0.39 is 0 Å². The number of ether oxygens (including phenoxy) is 1. The monoisotopic (exact) mass is 242 g/mol. The van der Waals surface area contributed by atoms with E-state index in [1.54, 1.807) is 0 Å². The Morgan fingerprint density at radius 2 is 1.88 bits per heavy atom. The zero-order valence-corrected chi connectivity index (χ0v) is 12.3. The molecule has 1 aliphatic rings. The van der Waals surface area contributed by atoms with Crippen molar-refractivity contribution in [2.45, 2.75) is 52.6 Å². The van der Waals surface area contributed by atoms with Crippen LogP contribution >= 0.6 is 0 Å².